The minimum atomic E-state index is 0.570. The van der Waals surface area contributed by atoms with Gasteiger partial charge in [0.05, 0.1) is 5.69 Å². The number of nitrogens with one attached hydrogen (secondary N) is 1. The van der Waals surface area contributed by atoms with Crippen LogP contribution >= 0.6 is 11.6 Å². The quantitative estimate of drug-likeness (QED) is 0.907. The smallest absolute Gasteiger partial charge is 0.131 e. The summed E-state index contributed by atoms with van der Waals surface area (Å²) in [5, 5.41) is 8.73. The Balaban J connectivity index is 1.90. The Morgan fingerprint density at radius 2 is 2.06 bits per heavy atom. The van der Waals surface area contributed by atoms with Crippen LogP contribution in [0.1, 0.15) is 50.3 Å². The Hall–Kier alpha value is -0.540. The molecule has 1 atom stereocenters. The zero-order chi connectivity index (χ0) is 13.1. The summed E-state index contributed by atoms with van der Waals surface area (Å²) in [6.45, 7) is 5.15. The molecular weight excluding hydrogens is 246 g/mol. The second-order valence-corrected chi connectivity index (χ2v) is 5.90. The molecule has 1 saturated carbocycles. The van der Waals surface area contributed by atoms with E-state index < -0.39 is 0 Å². The van der Waals surface area contributed by atoms with Crippen molar-refractivity contribution in [2.45, 2.75) is 58.5 Å². The normalized spacial score (nSPS) is 19.1. The zero-order valence-electron chi connectivity index (χ0n) is 11.7. The molecule has 0 saturated heterocycles. The van der Waals surface area contributed by atoms with Crippen LogP contribution in [0.3, 0.4) is 0 Å². The van der Waals surface area contributed by atoms with Gasteiger partial charge in [0.2, 0.25) is 0 Å². The van der Waals surface area contributed by atoms with Gasteiger partial charge < -0.3 is 5.32 Å². The van der Waals surface area contributed by atoms with E-state index in [4.69, 9.17) is 11.6 Å². The Morgan fingerprint density at radius 1 is 1.39 bits per heavy atom. The second-order valence-electron chi connectivity index (χ2n) is 5.55. The first kappa shape index (κ1) is 13.9. The SMILES string of the molecule is Cc1nn(C)c(Cl)c1CN[C@@H](C)C1CCCCC1. The van der Waals surface area contributed by atoms with Gasteiger partial charge >= 0.3 is 0 Å². The van der Waals surface area contributed by atoms with Gasteiger partial charge in [0.1, 0.15) is 5.15 Å². The van der Waals surface area contributed by atoms with E-state index in [1.54, 1.807) is 4.68 Å². The predicted molar refractivity (Wildman–Crippen MR) is 75.8 cm³/mol. The number of nitrogens with zero attached hydrogens (tertiary/aromatic N) is 2. The standard InChI is InChI=1S/C14H24ClN3/c1-10(12-7-5-4-6-8-12)16-9-13-11(2)17-18(3)14(13)15/h10,12,16H,4-9H2,1-3H3/t10-/m0/s1. The molecule has 2 rings (SSSR count). The van der Waals surface area contributed by atoms with Crippen molar-refractivity contribution in [1.29, 1.82) is 0 Å². The van der Waals surface area contributed by atoms with E-state index in [0.29, 0.717) is 6.04 Å². The molecule has 0 spiro atoms. The maximum Gasteiger partial charge on any atom is 0.131 e. The van der Waals surface area contributed by atoms with Gasteiger partial charge in [0, 0.05) is 25.2 Å². The van der Waals surface area contributed by atoms with E-state index in [-0.39, 0.29) is 0 Å². The lowest BCUT2D eigenvalue weighted by Crippen LogP contribution is -2.34. The molecule has 1 aliphatic rings. The molecule has 0 aromatic carbocycles. The second kappa shape index (κ2) is 6.07. The fourth-order valence-electron chi connectivity index (χ4n) is 2.94. The molecule has 18 heavy (non-hydrogen) atoms. The molecule has 1 N–H and O–H groups in total. The third-order valence-corrected chi connectivity index (χ3v) is 4.70. The van der Waals surface area contributed by atoms with Gasteiger partial charge in [-0.2, -0.15) is 5.10 Å². The van der Waals surface area contributed by atoms with Crippen LogP contribution in [-0.4, -0.2) is 15.8 Å². The van der Waals surface area contributed by atoms with Crippen molar-refractivity contribution in [2.75, 3.05) is 0 Å². The lowest BCUT2D eigenvalue weighted by Gasteiger charge is -2.28. The van der Waals surface area contributed by atoms with E-state index in [1.807, 2.05) is 14.0 Å². The van der Waals surface area contributed by atoms with Crippen LogP contribution in [0.5, 0.6) is 0 Å². The topological polar surface area (TPSA) is 29.9 Å². The summed E-state index contributed by atoms with van der Waals surface area (Å²) in [5.74, 6) is 0.828. The Morgan fingerprint density at radius 3 is 2.61 bits per heavy atom. The minimum Gasteiger partial charge on any atom is -0.310 e. The summed E-state index contributed by atoms with van der Waals surface area (Å²) in [7, 11) is 1.89. The Kier molecular flexibility index (Phi) is 4.68. The molecule has 0 unspecified atom stereocenters. The highest BCUT2D eigenvalue weighted by Gasteiger charge is 2.20. The molecule has 0 radical (unpaired) electrons. The van der Waals surface area contributed by atoms with E-state index in [9.17, 15) is 0 Å². The fourth-order valence-corrected chi connectivity index (χ4v) is 3.18. The summed E-state index contributed by atoms with van der Waals surface area (Å²) in [6, 6.07) is 0.570. The maximum absolute atomic E-state index is 6.24. The highest BCUT2D eigenvalue weighted by Crippen LogP contribution is 2.27. The molecule has 1 aromatic heterocycles. The average molecular weight is 270 g/mol. The number of rotatable bonds is 4. The van der Waals surface area contributed by atoms with Crippen LogP contribution in [0.4, 0.5) is 0 Å². The Bertz CT molecular complexity index is 394. The van der Waals surface area contributed by atoms with Crippen LogP contribution in [0.25, 0.3) is 0 Å². The third kappa shape index (κ3) is 3.07. The first-order chi connectivity index (χ1) is 8.59. The predicted octanol–water partition coefficient (Wildman–Crippen LogP) is 3.44. The van der Waals surface area contributed by atoms with Crippen molar-refractivity contribution < 1.29 is 0 Å². The number of hydrogen-bond acceptors (Lipinski definition) is 2. The van der Waals surface area contributed by atoms with Crippen molar-refractivity contribution in [3.63, 3.8) is 0 Å². The lowest BCUT2D eigenvalue weighted by molar-refractivity contribution is 0.280. The molecule has 1 aromatic rings. The van der Waals surface area contributed by atoms with Crippen LogP contribution in [0, 0.1) is 12.8 Å². The summed E-state index contributed by atoms with van der Waals surface area (Å²) < 4.78 is 1.75. The zero-order valence-corrected chi connectivity index (χ0v) is 12.4. The van der Waals surface area contributed by atoms with Gasteiger partial charge in [0.25, 0.3) is 0 Å². The van der Waals surface area contributed by atoms with Crippen LogP contribution in [0.15, 0.2) is 0 Å². The van der Waals surface area contributed by atoms with E-state index >= 15 is 0 Å². The highest BCUT2D eigenvalue weighted by molar-refractivity contribution is 6.30. The maximum atomic E-state index is 6.24. The van der Waals surface area contributed by atoms with Crippen LogP contribution < -0.4 is 5.32 Å². The van der Waals surface area contributed by atoms with Crippen molar-refractivity contribution in [1.82, 2.24) is 15.1 Å². The molecule has 3 nitrogen and oxygen atoms in total. The van der Waals surface area contributed by atoms with Crippen LogP contribution in [0.2, 0.25) is 5.15 Å². The Labute approximate surface area is 115 Å². The molecule has 102 valence electrons. The van der Waals surface area contributed by atoms with Crippen molar-refractivity contribution in [3.05, 3.63) is 16.4 Å². The number of aromatic nitrogens is 2. The average Bonchev–Trinajstić information content (AvgIpc) is 2.62. The van der Waals surface area contributed by atoms with Gasteiger partial charge in [0.15, 0.2) is 0 Å². The molecule has 0 bridgehead atoms. The monoisotopic (exact) mass is 269 g/mol. The van der Waals surface area contributed by atoms with Crippen molar-refractivity contribution in [3.8, 4) is 0 Å². The fraction of sp³-hybridized carbons (Fsp3) is 0.786. The van der Waals surface area contributed by atoms with E-state index in [0.717, 1.165) is 28.9 Å². The number of aryl methyl sites for hydroxylation is 2. The van der Waals surface area contributed by atoms with Crippen LogP contribution in [-0.2, 0) is 13.6 Å². The molecule has 1 fully saturated rings. The van der Waals surface area contributed by atoms with Gasteiger partial charge in [-0.25, -0.2) is 0 Å². The molecule has 0 amide bonds. The van der Waals surface area contributed by atoms with Gasteiger partial charge in [-0.1, -0.05) is 30.9 Å². The van der Waals surface area contributed by atoms with E-state index in [1.165, 1.54) is 32.1 Å². The summed E-state index contributed by atoms with van der Waals surface area (Å²) in [4.78, 5) is 0. The molecular formula is C14H24ClN3. The minimum absolute atomic E-state index is 0.570. The summed E-state index contributed by atoms with van der Waals surface area (Å²) >= 11 is 6.24. The van der Waals surface area contributed by atoms with Crippen molar-refractivity contribution in [2.24, 2.45) is 13.0 Å². The molecule has 1 heterocycles. The summed E-state index contributed by atoms with van der Waals surface area (Å²) in [5.41, 5.74) is 2.17. The van der Waals surface area contributed by atoms with Gasteiger partial charge in [-0.15, -0.1) is 0 Å². The molecule has 0 aliphatic heterocycles. The number of halogens is 1. The lowest BCUT2D eigenvalue weighted by atomic mass is 9.84. The first-order valence-electron chi connectivity index (χ1n) is 7.01. The molecule has 1 aliphatic carbocycles. The number of hydrogen-bond donors (Lipinski definition) is 1. The molecule has 4 heteroatoms. The largest absolute Gasteiger partial charge is 0.310 e. The van der Waals surface area contributed by atoms with Gasteiger partial charge in [-0.05, 0) is 32.6 Å². The first-order valence-corrected chi connectivity index (χ1v) is 7.38. The summed E-state index contributed by atoms with van der Waals surface area (Å²) in [6.07, 6.45) is 6.94. The van der Waals surface area contributed by atoms with Gasteiger partial charge in [-0.3, -0.25) is 4.68 Å². The highest BCUT2D eigenvalue weighted by atomic mass is 35.5. The third-order valence-electron chi connectivity index (χ3n) is 4.23. The van der Waals surface area contributed by atoms with E-state index in [2.05, 4.69) is 17.3 Å². The van der Waals surface area contributed by atoms with Crippen molar-refractivity contribution >= 4 is 11.6 Å².